The minimum absolute atomic E-state index is 0.458. The number of nitrogens with zero attached hydrogens (tertiary/aromatic N) is 3. The predicted octanol–water partition coefficient (Wildman–Crippen LogP) is 1.86. The number of nitrogens with two attached hydrogens (primary N) is 1. The number of rotatable bonds is 2. The van der Waals surface area contributed by atoms with Crippen molar-refractivity contribution in [1.82, 2.24) is 9.97 Å². The summed E-state index contributed by atoms with van der Waals surface area (Å²) in [7, 11) is 0. The standard InChI is InChI=1S/C14H16N4O/c15-8-11-9-16-14(17-10-11)18-6-3-7-19-13-5-2-1-4-12(13)18/h1-2,4-5,9-10H,3,6-8,15H2. The van der Waals surface area contributed by atoms with E-state index in [-0.39, 0.29) is 0 Å². The van der Waals surface area contributed by atoms with Gasteiger partial charge in [0, 0.05) is 31.0 Å². The summed E-state index contributed by atoms with van der Waals surface area (Å²) in [6, 6.07) is 7.97. The topological polar surface area (TPSA) is 64.3 Å². The molecule has 0 aliphatic carbocycles. The lowest BCUT2D eigenvalue weighted by molar-refractivity contribution is 0.322. The third-order valence-corrected chi connectivity index (χ3v) is 3.11. The van der Waals surface area contributed by atoms with Crippen LogP contribution in [0.5, 0.6) is 5.75 Å². The van der Waals surface area contributed by atoms with Crippen molar-refractivity contribution in [3.63, 3.8) is 0 Å². The maximum atomic E-state index is 5.73. The molecule has 5 nitrogen and oxygen atoms in total. The Balaban J connectivity index is 1.99. The molecule has 1 aromatic heterocycles. The largest absolute Gasteiger partial charge is 0.491 e. The van der Waals surface area contributed by atoms with Gasteiger partial charge < -0.3 is 15.4 Å². The first-order valence-electron chi connectivity index (χ1n) is 6.39. The lowest BCUT2D eigenvalue weighted by atomic mass is 10.2. The van der Waals surface area contributed by atoms with Gasteiger partial charge >= 0.3 is 0 Å². The van der Waals surface area contributed by atoms with E-state index in [4.69, 9.17) is 10.5 Å². The molecule has 0 unspecified atom stereocenters. The molecule has 1 aliphatic heterocycles. The van der Waals surface area contributed by atoms with E-state index in [2.05, 4.69) is 14.9 Å². The Kier molecular flexibility index (Phi) is 3.29. The zero-order valence-electron chi connectivity index (χ0n) is 10.6. The van der Waals surface area contributed by atoms with Crippen LogP contribution in [-0.2, 0) is 6.54 Å². The van der Waals surface area contributed by atoms with Crippen molar-refractivity contribution in [2.24, 2.45) is 5.73 Å². The Hall–Kier alpha value is -2.14. The number of benzene rings is 1. The summed E-state index contributed by atoms with van der Waals surface area (Å²) in [4.78, 5) is 10.9. The molecule has 0 radical (unpaired) electrons. The molecule has 19 heavy (non-hydrogen) atoms. The van der Waals surface area contributed by atoms with Crippen LogP contribution in [0.1, 0.15) is 12.0 Å². The monoisotopic (exact) mass is 256 g/mol. The fraction of sp³-hybridized carbons (Fsp3) is 0.286. The third kappa shape index (κ3) is 2.37. The molecule has 1 aromatic carbocycles. The van der Waals surface area contributed by atoms with Crippen LogP contribution in [0.25, 0.3) is 0 Å². The van der Waals surface area contributed by atoms with Crippen molar-refractivity contribution in [2.75, 3.05) is 18.1 Å². The smallest absolute Gasteiger partial charge is 0.229 e. The van der Waals surface area contributed by atoms with Crippen LogP contribution in [0.4, 0.5) is 11.6 Å². The number of anilines is 2. The van der Waals surface area contributed by atoms with E-state index in [1.807, 2.05) is 24.3 Å². The quantitative estimate of drug-likeness (QED) is 0.888. The maximum Gasteiger partial charge on any atom is 0.229 e. The van der Waals surface area contributed by atoms with E-state index >= 15 is 0 Å². The van der Waals surface area contributed by atoms with Gasteiger partial charge in [-0.15, -0.1) is 0 Å². The number of hydrogen-bond acceptors (Lipinski definition) is 5. The Bertz CT molecular complexity index is 556. The second kappa shape index (κ2) is 5.24. The summed E-state index contributed by atoms with van der Waals surface area (Å²) in [5.74, 6) is 1.57. The molecule has 0 amide bonds. The molecule has 0 atom stereocenters. The molecular weight excluding hydrogens is 240 g/mol. The van der Waals surface area contributed by atoms with Crippen LogP contribution in [0, 0.1) is 0 Å². The molecule has 2 aromatic rings. The Morgan fingerprint density at radius 2 is 2.00 bits per heavy atom. The lowest BCUT2D eigenvalue weighted by Crippen LogP contribution is -2.20. The van der Waals surface area contributed by atoms with Crippen molar-refractivity contribution in [2.45, 2.75) is 13.0 Å². The molecule has 0 spiro atoms. The van der Waals surface area contributed by atoms with Gasteiger partial charge in [-0.3, -0.25) is 0 Å². The van der Waals surface area contributed by atoms with E-state index in [0.29, 0.717) is 19.1 Å². The summed E-state index contributed by atoms with van der Waals surface area (Å²) < 4.78 is 5.73. The van der Waals surface area contributed by atoms with Crippen LogP contribution >= 0.6 is 0 Å². The highest BCUT2D eigenvalue weighted by Crippen LogP contribution is 2.33. The molecule has 2 N–H and O–H groups in total. The minimum Gasteiger partial charge on any atom is -0.491 e. The van der Waals surface area contributed by atoms with Gasteiger partial charge in [0.25, 0.3) is 0 Å². The second-order valence-corrected chi connectivity index (χ2v) is 4.42. The van der Waals surface area contributed by atoms with E-state index < -0.39 is 0 Å². The molecule has 98 valence electrons. The molecule has 0 fully saturated rings. The average Bonchev–Trinajstić information content (AvgIpc) is 2.70. The molecule has 1 aliphatic rings. The second-order valence-electron chi connectivity index (χ2n) is 4.42. The fourth-order valence-electron chi connectivity index (χ4n) is 2.13. The third-order valence-electron chi connectivity index (χ3n) is 3.11. The average molecular weight is 256 g/mol. The highest BCUT2D eigenvalue weighted by molar-refractivity contribution is 5.65. The van der Waals surface area contributed by atoms with Gasteiger partial charge in [-0.2, -0.15) is 0 Å². The van der Waals surface area contributed by atoms with E-state index in [1.54, 1.807) is 12.4 Å². The number of ether oxygens (including phenoxy) is 1. The van der Waals surface area contributed by atoms with Crippen molar-refractivity contribution >= 4 is 11.6 Å². The van der Waals surface area contributed by atoms with Crippen molar-refractivity contribution in [1.29, 1.82) is 0 Å². The SMILES string of the molecule is NCc1cnc(N2CCCOc3ccccc32)nc1. The highest BCUT2D eigenvalue weighted by Gasteiger charge is 2.19. The number of para-hydroxylation sites is 2. The van der Waals surface area contributed by atoms with Crippen molar-refractivity contribution in [3.05, 3.63) is 42.2 Å². The van der Waals surface area contributed by atoms with Crippen LogP contribution in [-0.4, -0.2) is 23.1 Å². The van der Waals surface area contributed by atoms with Gasteiger partial charge in [0.05, 0.1) is 12.3 Å². The summed E-state index contributed by atoms with van der Waals surface area (Å²) in [6.07, 6.45) is 4.49. The van der Waals surface area contributed by atoms with Gasteiger partial charge in [0.1, 0.15) is 5.75 Å². The summed E-state index contributed by atoms with van der Waals surface area (Å²) >= 11 is 0. The number of aromatic nitrogens is 2. The Morgan fingerprint density at radius 3 is 2.79 bits per heavy atom. The van der Waals surface area contributed by atoms with Crippen LogP contribution in [0.15, 0.2) is 36.7 Å². The molecular formula is C14H16N4O. The van der Waals surface area contributed by atoms with E-state index in [0.717, 1.165) is 30.0 Å². The van der Waals surface area contributed by atoms with Crippen LogP contribution < -0.4 is 15.4 Å². The number of hydrogen-bond donors (Lipinski definition) is 1. The molecule has 0 saturated heterocycles. The minimum atomic E-state index is 0.458. The fourth-order valence-corrected chi connectivity index (χ4v) is 2.13. The van der Waals surface area contributed by atoms with Gasteiger partial charge in [-0.05, 0) is 18.6 Å². The first kappa shape index (κ1) is 11.9. The van der Waals surface area contributed by atoms with Gasteiger partial charge in [-0.25, -0.2) is 9.97 Å². The molecule has 0 bridgehead atoms. The highest BCUT2D eigenvalue weighted by atomic mass is 16.5. The van der Waals surface area contributed by atoms with Gasteiger partial charge in [-0.1, -0.05) is 12.1 Å². The van der Waals surface area contributed by atoms with E-state index in [9.17, 15) is 0 Å². The summed E-state index contributed by atoms with van der Waals surface area (Å²) in [5.41, 5.74) is 7.51. The van der Waals surface area contributed by atoms with Gasteiger partial charge in [0.15, 0.2) is 0 Å². The predicted molar refractivity (Wildman–Crippen MR) is 73.5 cm³/mol. The molecule has 2 heterocycles. The van der Waals surface area contributed by atoms with Crippen molar-refractivity contribution in [3.8, 4) is 5.75 Å². The molecule has 0 saturated carbocycles. The van der Waals surface area contributed by atoms with Crippen molar-refractivity contribution < 1.29 is 4.74 Å². The summed E-state index contributed by atoms with van der Waals surface area (Å²) in [5, 5.41) is 0. The summed E-state index contributed by atoms with van der Waals surface area (Å²) in [6.45, 7) is 2.02. The molecule has 3 rings (SSSR count). The zero-order chi connectivity index (χ0) is 13.1. The lowest BCUT2D eigenvalue weighted by Gasteiger charge is -2.21. The van der Waals surface area contributed by atoms with Crippen LogP contribution in [0.3, 0.4) is 0 Å². The maximum absolute atomic E-state index is 5.73. The Labute approximate surface area is 112 Å². The normalized spacial score (nSPS) is 14.5. The van der Waals surface area contributed by atoms with Crippen LogP contribution in [0.2, 0.25) is 0 Å². The zero-order valence-corrected chi connectivity index (χ0v) is 10.6. The first-order valence-corrected chi connectivity index (χ1v) is 6.39. The number of fused-ring (bicyclic) bond motifs is 1. The molecule has 5 heteroatoms. The van der Waals surface area contributed by atoms with E-state index in [1.165, 1.54) is 0 Å². The van der Waals surface area contributed by atoms with Gasteiger partial charge in [0.2, 0.25) is 5.95 Å². The first-order chi connectivity index (χ1) is 9.38. The Morgan fingerprint density at radius 1 is 1.21 bits per heavy atom.